The van der Waals surface area contributed by atoms with Gasteiger partial charge >= 0.3 is 0 Å². The molecule has 21 heavy (non-hydrogen) atoms. The molecule has 1 aliphatic rings. The van der Waals surface area contributed by atoms with Crippen LogP contribution in [0.15, 0.2) is 24.5 Å². The SMILES string of the molecule is Cc1ccc(-n2cnnn2)cc1NC(=O)C1COCCN1. The van der Waals surface area contributed by atoms with E-state index in [9.17, 15) is 4.79 Å². The normalized spacial score (nSPS) is 18.4. The molecule has 2 heterocycles. The Hall–Kier alpha value is -2.32. The van der Waals surface area contributed by atoms with Gasteiger partial charge in [0.15, 0.2) is 0 Å². The lowest BCUT2D eigenvalue weighted by molar-refractivity contribution is -0.120. The van der Waals surface area contributed by atoms with E-state index in [0.717, 1.165) is 16.9 Å². The molecule has 1 amide bonds. The van der Waals surface area contributed by atoms with Gasteiger partial charge in [0, 0.05) is 12.2 Å². The fraction of sp³-hybridized carbons (Fsp3) is 0.385. The van der Waals surface area contributed by atoms with Crippen molar-refractivity contribution >= 4 is 11.6 Å². The van der Waals surface area contributed by atoms with Crippen LogP contribution >= 0.6 is 0 Å². The lowest BCUT2D eigenvalue weighted by Crippen LogP contribution is -2.48. The lowest BCUT2D eigenvalue weighted by Gasteiger charge is -2.23. The van der Waals surface area contributed by atoms with Crippen LogP contribution in [0, 0.1) is 6.92 Å². The topological polar surface area (TPSA) is 94.0 Å². The monoisotopic (exact) mass is 288 g/mol. The predicted molar refractivity (Wildman–Crippen MR) is 75.1 cm³/mol. The zero-order chi connectivity index (χ0) is 14.7. The quantitative estimate of drug-likeness (QED) is 0.819. The molecule has 0 bridgehead atoms. The zero-order valence-corrected chi connectivity index (χ0v) is 11.6. The molecular weight excluding hydrogens is 272 g/mol. The second-order valence-electron chi connectivity index (χ2n) is 4.82. The van der Waals surface area contributed by atoms with E-state index < -0.39 is 0 Å². The van der Waals surface area contributed by atoms with Crippen LogP contribution < -0.4 is 10.6 Å². The first-order valence-corrected chi connectivity index (χ1v) is 6.70. The molecular formula is C13H16N6O2. The van der Waals surface area contributed by atoms with E-state index in [4.69, 9.17) is 4.74 Å². The molecule has 1 aliphatic heterocycles. The number of carbonyl (C=O) groups is 1. The van der Waals surface area contributed by atoms with Gasteiger partial charge in [-0.1, -0.05) is 6.07 Å². The number of anilines is 1. The highest BCUT2D eigenvalue weighted by molar-refractivity contribution is 5.95. The Bertz CT molecular complexity index is 622. The standard InChI is InChI=1S/C13H16N6O2/c1-9-2-3-10(19-8-15-17-18-19)6-11(9)16-13(20)12-7-21-5-4-14-12/h2-3,6,8,12,14H,4-5,7H2,1H3,(H,16,20). The van der Waals surface area contributed by atoms with Crippen LogP contribution in [0.2, 0.25) is 0 Å². The van der Waals surface area contributed by atoms with Gasteiger partial charge in [0.05, 0.1) is 18.9 Å². The molecule has 2 N–H and O–H groups in total. The summed E-state index contributed by atoms with van der Waals surface area (Å²) in [6.45, 7) is 3.64. The number of aryl methyl sites for hydroxylation is 1. The van der Waals surface area contributed by atoms with Gasteiger partial charge in [0.2, 0.25) is 5.91 Å². The molecule has 0 radical (unpaired) electrons. The summed E-state index contributed by atoms with van der Waals surface area (Å²) in [4.78, 5) is 12.2. The van der Waals surface area contributed by atoms with Crippen LogP contribution in [0.3, 0.4) is 0 Å². The molecule has 0 spiro atoms. The van der Waals surface area contributed by atoms with Crippen molar-refractivity contribution in [2.45, 2.75) is 13.0 Å². The molecule has 110 valence electrons. The molecule has 0 saturated carbocycles. The van der Waals surface area contributed by atoms with Gasteiger partial charge < -0.3 is 15.4 Å². The van der Waals surface area contributed by atoms with Crippen molar-refractivity contribution in [3.05, 3.63) is 30.1 Å². The fourth-order valence-corrected chi connectivity index (χ4v) is 2.12. The maximum atomic E-state index is 12.2. The highest BCUT2D eigenvalue weighted by atomic mass is 16.5. The van der Waals surface area contributed by atoms with Crippen molar-refractivity contribution in [3.63, 3.8) is 0 Å². The second-order valence-corrected chi connectivity index (χ2v) is 4.82. The maximum absolute atomic E-state index is 12.2. The van der Waals surface area contributed by atoms with E-state index >= 15 is 0 Å². The first-order valence-electron chi connectivity index (χ1n) is 6.70. The van der Waals surface area contributed by atoms with Gasteiger partial charge in [-0.15, -0.1) is 5.10 Å². The summed E-state index contributed by atoms with van der Waals surface area (Å²) in [5.41, 5.74) is 2.49. The maximum Gasteiger partial charge on any atom is 0.243 e. The third-order valence-electron chi connectivity index (χ3n) is 3.33. The number of nitrogens with one attached hydrogen (secondary N) is 2. The van der Waals surface area contributed by atoms with E-state index in [1.807, 2.05) is 25.1 Å². The minimum Gasteiger partial charge on any atom is -0.378 e. The van der Waals surface area contributed by atoms with Crippen molar-refractivity contribution in [3.8, 4) is 5.69 Å². The number of hydrogen-bond donors (Lipinski definition) is 2. The zero-order valence-electron chi connectivity index (χ0n) is 11.6. The van der Waals surface area contributed by atoms with Crippen LogP contribution in [0.25, 0.3) is 5.69 Å². The number of ether oxygens (including phenoxy) is 1. The molecule has 1 unspecified atom stereocenters. The Labute approximate surface area is 121 Å². The molecule has 1 atom stereocenters. The molecule has 8 nitrogen and oxygen atoms in total. The van der Waals surface area contributed by atoms with E-state index in [2.05, 4.69) is 26.2 Å². The number of benzene rings is 1. The molecule has 1 aromatic carbocycles. The van der Waals surface area contributed by atoms with Gasteiger partial charge in [-0.2, -0.15) is 0 Å². The Balaban J connectivity index is 1.78. The van der Waals surface area contributed by atoms with Gasteiger partial charge in [-0.3, -0.25) is 4.79 Å². The smallest absolute Gasteiger partial charge is 0.243 e. The molecule has 0 aliphatic carbocycles. The highest BCUT2D eigenvalue weighted by Crippen LogP contribution is 2.19. The van der Waals surface area contributed by atoms with E-state index in [1.165, 1.54) is 11.0 Å². The number of carbonyl (C=O) groups excluding carboxylic acids is 1. The summed E-state index contributed by atoms with van der Waals surface area (Å²) in [6, 6.07) is 5.32. The van der Waals surface area contributed by atoms with E-state index in [0.29, 0.717) is 19.8 Å². The number of amides is 1. The fourth-order valence-electron chi connectivity index (χ4n) is 2.12. The number of hydrogen-bond acceptors (Lipinski definition) is 6. The summed E-state index contributed by atoms with van der Waals surface area (Å²) in [5, 5.41) is 17.1. The third kappa shape index (κ3) is 3.06. The van der Waals surface area contributed by atoms with Crippen LogP contribution in [0.1, 0.15) is 5.56 Å². The summed E-state index contributed by atoms with van der Waals surface area (Å²) in [5.74, 6) is -0.105. The minimum absolute atomic E-state index is 0.105. The highest BCUT2D eigenvalue weighted by Gasteiger charge is 2.21. The Morgan fingerprint density at radius 2 is 2.43 bits per heavy atom. The van der Waals surface area contributed by atoms with Crippen molar-refractivity contribution in [1.82, 2.24) is 25.5 Å². The minimum atomic E-state index is -0.324. The molecule has 8 heteroatoms. The Kier molecular flexibility index (Phi) is 3.89. The third-order valence-corrected chi connectivity index (χ3v) is 3.33. The van der Waals surface area contributed by atoms with Crippen molar-refractivity contribution in [2.24, 2.45) is 0 Å². The average molecular weight is 288 g/mol. The lowest BCUT2D eigenvalue weighted by atomic mass is 10.1. The Morgan fingerprint density at radius 1 is 1.52 bits per heavy atom. The molecule has 3 rings (SSSR count). The predicted octanol–water partition coefficient (Wildman–Crippen LogP) is -0.102. The van der Waals surface area contributed by atoms with Crippen molar-refractivity contribution < 1.29 is 9.53 Å². The number of aromatic nitrogens is 4. The summed E-state index contributed by atoms with van der Waals surface area (Å²) < 4.78 is 6.84. The largest absolute Gasteiger partial charge is 0.378 e. The second kappa shape index (κ2) is 5.98. The van der Waals surface area contributed by atoms with E-state index in [-0.39, 0.29) is 11.9 Å². The number of rotatable bonds is 3. The molecule has 1 saturated heterocycles. The van der Waals surface area contributed by atoms with Gasteiger partial charge in [-0.25, -0.2) is 4.68 Å². The van der Waals surface area contributed by atoms with Gasteiger partial charge in [-0.05, 0) is 35.0 Å². The summed E-state index contributed by atoms with van der Waals surface area (Å²) in [6.07, 6.45) is 1.51. The van der Waals surface area contributed by atoms with Crippen LogP contribution in [-0.2, 0) is 9.53 Å². The van der Waals surface area contributed by atoms with Crippen molar-refractivity contribution in [2.75, 3.05) is 25.1 Å². The van der Waals surface area contributed by atoms with Crippen molar-refractivity contribution in [1.29, 1.82) is 0 Å². The van der Waals surface area contributed by atoms with Gasteiger partial charge in [0.1, 0.15) is 12.4 Å². The first-order chi connectivity index (χ1) is 10.2. The molecule has 1 aromatic heterocycles. The summed E-state index contributed by atoms with van der Waals surface area (Å²) in [7, 11) is 0. The number of nitrogens with zero attached hydrogens (tertiary/aromatic N) is 4. The molecule has 1 fully saturated rings. The number of morpholine rings is 1. The summed E-state index contributed by atoms with van der Waals surface area (Å²) >= 11 is 0. The molecule has 2 aromatic rings. The van der Waals surface area contributed by atoms with E-state index in [1.54, 1.807) is 0 Å². The van der Waals surface area contributed by atoms with Crippen LogP contribution in [0.4, 0.5) is 5.69 Å². The average Bonchev–Trinajstić information content (AvgIpc) is 3.04. The number of tetrazole rings is 1. The van der Waals surface area contributed by atoms with Gasteiger partial charge in [0.25, 0.3) is 0 Å². The van der Waals surface area contributed by atoms with Crippen LogP contribution in [-0.4, -0.2) is 51.9 Å². The first kappa shape index (κ1) is 13.7. The van der Waals surface area contributed by atoms with Crippen LogP contribution in [0.5, 0.6) is 0 Å². The Morgan fingerprint density at radius 3 is 3.14 bits per heavy atom.